The van der Waals surface area contributed by atoms with E-state index in [2.05, 4.69) is 10.1 Å². The minimum Gasteiger partial charge on any atom is -0.497 e. The molecule has 0 fully saturated rings. The van der Waals surface area contributed by atoms with Gasteiger partial charge in [-0.3, -0.25) is 0 Å². The van der Waals surface area contributed by atoms with Crippen LogP contribution in [0.15, 0.2) is 53.1 Å². The zero-order chi connectivity index (χ0) is 16.1. The molecule has 1 aromatic heterocycles. The number of aromatic nitrogens is 2. The van der Waals surface area contributed by atoms with Crippen LogP contribution < -0.4 is 9.47 Å². The summed E-state index contributed by atoms with van der Waals surface area (Å²) in [6.07, 6.45) is 0. The van der Waals surface area contributed by atoms with E-state index in [1.165, 1.54) is 0 Å². The number of aliphatic hydroxyl groups is 1. The Balaban J connectivity index is 1.66. The van der Waals surface area contributed by atoms with Gasteiger partial charge in [-0.15, -0.1) is 0 Å². The van der Waals surface area contributed by atoms with E-state index >= 15 is 0 Å². The molecule has 0 radical (unpaired) electrons. The average molecular weight is 312 g/mol. The highest BCUT2D eigenvalue weighted by Gasteiger charge is 2.09. The number of methoxy groups -OCH3 is 1. The number of nitrogens with zero attached hydrogens (tertiary/aromatic N) is 2. The van der Waals surface area contributed by atoms with Crippen LogP contribution in [0.2, 0.25) is 0 Å². The Kier molecular flexibility index (Phi) is 4.54. The number of aliphatic hydroxyl groups excluding tert-OH is 1. The van der Waals surface area contributed by atoms with Crippen molar-refractivity contribution in [1.29, 1.82) is 0 Å². The van der Waals surface area contributed by atoms with Gasteiger partial charge in [-0.1, -0.05) is 17.3 Å². The Morgan fingerprint density at radius 3 is 2.65 bits per heavy atom. The fourth-order valence-electron chi connectivity index (χ4n) is 2.04. The Labute approximate surface area is 133 Å². The minimum atomic E-state index is -0.0268. The van der Waals surface area contributed by atoms with Gasteiger partial charge in [-0.25, -0.2) is 0 Å². The zero-order valence-corrected chi connectivity index (χ0v) is 12.6. The molecule has 118 valence electrons. The summed E-state index contributed by atoms with van der Waals surface area (Å²) in [7, 11) is 1.61. The van der Waals surface area contributed by atoms with Gasteiger partial charge < -0.3 is 19.1 Å². The van der Waals surface area contributed by atoms with Gasteiger partial charge in [0.1, 0.15) is 11.5 Å². The van der Waals surface area contributed by atoms with E-state index in [4.69, 9.17) is 19.1 Å². The lowest BCUT2D eigenvalue weighted by Gasteiger charge is -2.04. The maximum absolute atomic E-state index is 9.11. The predicted molar refractivity (Wildman–Crippen MR) is 83.0 cm³/mol. The Hall–Kier alpha value is -2.86. The molecule has 0 aliphatic rings. The highest BCUT2D eigenvalue weighted by molar-refractivity contribution is 5.54. The third-order valence-electron chi connectivity index (χ3n) is 3.25. The third kappa shape index (κ3) is 3.67. The Bertz CT molecular complexity index is 768. The summed E-state index contributed by atoms with van der Waals surface area (Å²) >= 11 is 0. The molecular weight excluding hydrogens is 296 g/mol. The quantitative estimate of drug-likeness (QED) is 0.754. The molecule has 0 bridgehead atoms. The molecule has 6 heteroatoms. The van der Waals surface area contributed by atoms with Crippen molar-refractivity contribution in [3.05, 3.63) is 59.9 Å². The molecule has 0 saturated carbocycles. The van der Waals surface area contributed by atoms with E-state index in [-0.39, 0.29) is 13.2 Å². The summed E-state index contributed by atoms with van der Waals surface area (Å²) in [4.78, 5) is 4.30. The summed E-state index contributed by atoms with van der Waals surface area (Å²) < 4.78 is 16.0. The van der Waals surface area contributed by atoms with Gasteiger partial charge in [0.25, 0.3) is 5.89 Å². The number of benzene rings is 2. The van der Waals surface area contributed by atoms with Gasteiger partial charge in [0, 0.05) is 5.56 Å². The van der Waals surface area contributed by atoms with Crippen molar-refractivity contribution in [2.75, 3.05) is 7.11 Å². The molecule has 0 aliphatic heterocycles. The summed E-state index contributed by atoms with van der Waals surface area (Å²) in [5.41, 5.74) is 1.60. The highest BCUT2D eigenvalue weighted by Crippen LogP contribution is 2.21. The molecule has 1 N–H and O–H groups in total. The van der Waals surface area contributed by atoms with Gasteiger partial charge in [0.15, 0.2) is 6.61 Å². The summed E-state index contributed by atoms with van der Waals surface area (Å²) in [6.45, 7) is 0.162. The van der Waals surface area contributed by atoms with Gasteiger partial charge in [0.2, 0.25) is 5.82 Å². The lowest BCUT2D eigenvalue weighted by molar-refractivity contribution is 0.274. The summed E-state index contributed by atoms with van der Waals surface area (Å²) in [5.74, 6) is 2.29. The van der Waals surface area contributed by atoms with E-state index in [0.717, 1.165) is 16.9 Å². The number of ether oxygens (including phenoxy) is 2. The molecule has 2 aromatic carbocycles. The summed E-state index contributed by atoms with van der Waals surface area (Å²) in [5, 5.41) is 13.0. The lowest BCUT2D eigenvalue weighted by Crippen LogP contribution is -1.98. The van der Waals surface area contributed by atoms with Crippen LogP contribution in [0.25, 0.3) is 11.5 Å². The van der Waals surface area contributed by atoms with Crippen molar-refractivity contribution < 1.29 is 19.1 Å². The molecule has 0 unspecified atom stereocenters. The molecule has 1 heterocycles. The number of hydrogen-bond donors (Lipinski definition) is 1. The van der Waals surface area contributed by atoms with Gasteiger partial charge in [-0.05, 0) is 42.0 Å². The third-order valence-corrected chi connectivity index (χ3v) is 3.25. The van der Waals surface area contributed by atoms with E-state index in [1.807, 2.05) is 42.5 Å². The first kappa shape index (κ1) is 15.1. The fourth-order valence-corrected chi connectivity index (χ4v) is 2.04. The second kappa shape index (κ2) is 6.93. The monoisotopic (exact) mass is 312 g/mol. The van der Waals surface area contributed by atoms with Crippen LogP contribution in [0.4, 0.5) is 0 Å². The van der Waals surface area contributed by atoms with Crippen molar-refractivity contribution in [2.45, 2.75) is 13.2 Å². The molecular formula is C17H16N2O4. The first-order valence-electron chi connectivity index (χ1n) is 7.08. The van der Waals surface area contributed by atoms with Crippen molar-refractivity contribution >= 4 is 0 Å². The van der Waals surface area contributed by atoms with Crippen molar-refractivity contribution in [3.63, 3.8) is 0 Å². The Morgan fingerprint density at radius 1 is 1.09 bits per heavy atom. The fraction of sp³-hybridized carbons (Fsp3) is 0.176. The topological polar surface area (TPSA) is 77.6 Å². The standard InChI is InChI=1S/C17H16N2O4/c1-21-14-7-5-13(6-8-14)17-18-16(19-23-17)11-22-15-4-2-3-12(9-15)10-20/h2-9,20H,10-11H2,1H3. The van der Waals surface area contributed by atoms with Gasteiger partial charge in [0.05, 0.1) is 13.7 Å². The van der Waals surface area contributed by atoms with Crippen LogP contribution in [-0.4, -0.2) is 22.4 Å². The van der Waals surface area contributed by atoms with Crippen molar-refractivity contribution in [1.82, 2.24) is 10.1 Å². The maximum atomic E-state index is 9.11. The number of hydrogen-bond acceptors (Lipinski definition) is 6. The van der Waals surface area contributed by atoms with Crippen LogP contribution in [0.1, 0.15) is 11.4 Å². The van der Waals surface area contributed by atoms with E-state index < -0.39 is 0 Å². The van der Waals surface area contributed by atoms with Crippen LogP contribution in [0.3, 0.4) is 0 Å². The van der Waals surface area contributed by atoms with E-state index in [9.17, 15) is 0 Å². The van der Waals surface area contributed by atoms with Crippen LogP contribution >= 0.6 is 0 Å². The van der Waals surface area contributed by atoms with Crippen LogP contribution in [0, 0.1) is 0 Å². The average Bonchev–Trinajstić information content (AvgIpc) is 3.09. The van der Waals surface area contributed by atoms with E-state index in [1.54, 1.807) is 13.2 Å². The molecule has 0 spiro atoms. The molecule has 0 aliphatic carbocycles. The largest absolute Gasteiger partial charge is 0.497 e. The lowest BCUT2D eigenvalue weighted by atomic mass is 10.2. The van der Waals surface area contributed by atoms with Crippen LogP contribution in [-0.2, 0) is 13.2 Å². The van der Waals surface area contributed by atoms with E-state index in [0.29, 0.717) is 17.5 Å². The second-order valence-electron chi connectivity index (χ2n) is 4.84. The smallest absolute Gasteiger partial charge is 0.258 e. The molecule has 3 aromatic rings. The molecule has 23 heavy (non-hydrogen) atoms. The zero-order valence-electron chi connectivity index (χ0n) is 12.6. The minimum absolute atomic E-state index is 0.0268. The predicted octanol–water partition coefficient (Wildman–Crippen LogP) is 2.82. The van der Waals surface area contributed by atoms with Gasteiger partial charge in [-0.2, -0.15) is 4.98 Å². The molecule has 0 amide bonds. The maximum Gasteiger partial charge on any atom is 0.258 e. The summed E-state index contributed by atoms with van der Waals surface area (Å²) in [6, 6.07) is 14.6. The SMILES string of the molecule is COc1ccc(-c2nc(COc3cccc(CO)c3)no2)cc1. The second-order valence-corrected chi connectivity index (χ2v) is 4.84. The number of rotatable bonds is 6. The first-order chi connectivity index (χ1) is 11.3. The first-order valence-corrected chi connectivity index (χ1v) is 7.08. The Morgan fingerprint density at radius 2 is 1.91 bits per heavy atom. The highest BCUT2D eigenvalue weighted by atomic mass is 16.5. The van der Waals surface area contributed by atoms with Gasteiger partial charge >= 0.3 is 0 Å². The molecule has 3 rings (SSSR count). The normalized spacial score (nSPS) is 10.5. The molecule has 0 atom stereocenters. The van der Waals surface area contributed by atoms with Crippen molar-refractivity contribution in [3.8, 4) is 23.0 Å². The molecule has 6 nitrogen and oxygen atoms in total. The molecule has 0 saturated heterocycles. The van der Waals surface area contributed by atoms with Crippen molar-refractivity contribution in [2.24, 2.45) is 0 Å². The van der Waals surface area contributed by atoms with Crippen LogP contribution in [0.5, 0.6) is 11.5 Å².